The highest BCUT2D eigenvalue weighted by Gasteiger charge is 2.44. The second-order valence-electron chi connectivity index (χ2n) is 7.76. The van der Waals surface area contributed by atoms with E-state index in [-0.39, 0.29) is 0 Å². The molecule has 1 aliphatic heterocycles. The van der Waals surface area contributed by atoms with Gasteiger partial charge in [0.15, 0.2) is 0 Å². The van der Waals surface area contributed by atoms with Crippen molar-refractivity contribution in [3.63, 3.8) is 0 Å². The molecule has 3 aromatic carbocycles. The minimum Gasteiger partial charge on any atom is -0.497 e. The first kappa shape index (κ1) is 22.0. The van der Waals surface area contributed by atoms with Crippen LogP contribution in [0, 0.1) is 0 Å². The lowest BCUT2D eigenvalue weighted by Crippen LogP contribution is -2.55. The van der Waals surface area contributed by atoms with Crippen LogP contribution in [0.5, 0.6) is 5.75 Å². The Kier molecular flexibility index (Phi) is 6.48. The van der Waals surface area contributed by atoms with Gasteiger partial charge in [-0.25, -0.2) is 0 Å². The summed E-state index contributed by atoms with van der Waals surface area (Å²) in [6.45, 7) is -0.480. The van der Waals surface area contributed by atoms with Crippen LogP contribution in [0.2, 0.25) is 5.02 Å². The van der Waals surface area contributed by atoms with E-state index in [2.05, 4.69) is 0 Å². The van der Waals surface area contributed by atoms with Gasteiger partial charge in [0.2, 0.25) is 0 Å². The second kappa shape index (κ2) is 9.12. The van der Waals surface area contributed by atoms with Gasteiger partial charge in [0, 0.05) is 5.39 Å². The van der Waals surface area contributed by atoms with Crippen LogP contribution in [0.25, 0.3) is 10.8 Å². The zero-order chi connectivity index (χ0) is 22.1. The lowest BCUT2D eigenvalue weighted by atomic mass is 9.87. The van der Waals surface area contributed by atoms with Crippen LogP contribution in [0.4, 0.5) is 0 Å². The van der Waals surface area contributed by atoms with E-state index in [4.69, 9.17) is 21.1 Å². The summed E-state index contributed by atoms with van der Waals surface area (Å²) in [5.74, 6) is 0.760. The van der Waals surface area contributed by atoms with E-state index < -0.39 is 37.1 Å². The Bertz CT molecular complexity index is 1050. The van der Waals surface area contributed by atoms with E-state index in [9.17, 15) is 20.4 Å². The van der Waals surface area contributed by atoms with Gasteiger partial charge in [-0.2, -0.15) is 0 Å². The molecule has 4 N–H and O–H groups in total. The number of methoxy groups -OCH3 is 1. The molecule has 31 heavy (non-hydrogen) atoms. The Morgan fingerprint density at radius 1 is 0.935 bits per heavy atom. The molecule has 1 fully saturated rings. The normalized spacial score (nSPS) is 26.2. The number of benzene rings is 3. The fraction of sp³-hybridized carbons (Fsp3) is 0.333. The van der Waals surface area contributed by atoms with E-state index in [0.717, 1.165) is 27.6 Å². The summed E-state index contributed by atoms with van der Waals surface area (Å²) in [5, 5.41) is 42.8. The Morgan fingerprint density at radius 3 is 2.26 bits per heavy atom. The number of rotatable bonds is 5. The first-order valence-corrected chi connectivity index (χ1v) is 10.5. The van der Waals surface area contributed by atoms with Gasteiger partial charge in [0.25, 0.3) is 0 Å². The van der Waals surface area contributed by atoms with Crippen LogP contribution in [0.15, 0.2) is 54.6 Å². The highest BCUT2D eigenvalue weighted by Crippen LogP contribution is 2.40. The van der Waals surface area contributed by atoms with Gasteiger partial charge < -0.3 is 29.9 Å². The van der Waals surface area contributed by atoms with Crippen LogP contribution in [0.1, 0.15) is 22.8 Å². The predicted molar refractivity (Wildman–Crippen MR) is 117 cm³/mol. The van der Waals surface area contributed by atoms with Crippen LogP contribution >= 0.6 is 11.6 Å². The third-order valence-electron chi connectivity index (χ3n) is 5.84. The first-order valence-electron chi connectivity index (χ1n) is 10.1. The quantitative estimate of drug-likeness (QED) is 0.483. The minimum atomic E-state index is -1.45. The Labute approximate surface area is 185 Å². The Hall–Kier alpha value is -2.19. The zero-order valence-corrected chi connectivity index (χ0v) is 17.7. The van der Waals surface area contributed by atoms with Crippen LogP contribution in [-0.2, 0) is 11.2 Å². The minimum absolute atomic E-state index is 0.480. The van der Waals surface area contributed by atoms with Gasteiger partial charge in [0.1, 0.15) is 36.3 Å². The van der Waals surface area contributed by atoms with Crippen molar-refractivity contribution in [2.75, 3.05) is 13.7 Å². The second-order valence-corrected chi connectivity index (χ2v) is 8.14. The SMILES string of the molecule is COc1ccc(Cc2cc([C@@H]3O[C@H](CO)[C@@H](O)[C@H](O)[C@H]3O)c3ccccc3c2Cl)cc1. The van der Waals surface area contributed by atoms with Crippen molar-refractivity contribution in [2.24, 2.45) is 0 Å². The van der Waals surface area contributed by atoms with E-state index in [0.29, 0.717) is 17.0 Å². The summed E-state index contributed by atoms with van der Waals surface area (Å²) in [6.07, 6.45) is -5.60. The van der Waals surface area contributed by atoms with Gasteiger partial charge in [-0.05, 0) is 40.6 Å². The molecule has 1 heterocycles. The molecule has 0 aromatic heterocycles. The van der Waals surface area contributed by atoms with Gasteiger partial charge in [-0.1, -0.05) is 54.1 Å². The number of halogens is 1. The average Bonchev–Trinajstić information content (AvgIpc) is 2.80. The largest absolute Gasteiger partial charge is 0.497 e. The predicted octanol–water partition coefficient (Wildman–Crippen LogP) is 2.61. The summed E-state index contributed by atoms with van der Waals surface area (Å²) in [6, 6.07) is 17.0. The molecule has 1 saturated heterocycles. The highest BCUT2D eigenvalue weighted by molar-refractivity contribution is 6.36. The molecule has 0 amide bonds. The maximum atomic E-state index is 10.7. The summed E-state index contributed by atoms with van der Waals surface area (Å²) >= 11 is 6.75. The monoisotopic (exact) mass is 444 g/mol. The van der Waals surface area contributed by atoms with E-state index in [1.807, 2.05) is 54.6 Å². The maximum absolute atomic E-state index is 10.7. The molecular weight excluding hydrogens is 420 g/mol. The number of hydrogen-bond acceptors (Lipinski definition) is 6. The van der Waals surface area contributed by atoms with Gasteiger partial charge in [-0.15, -0.1) is 0 Å². The van der Waals surface area contributed by atoms with Crippen molar-refractivity contribution < 1.29 is 29.9 Å². The standard InChI is InChI=1S/C24H25ClO6/c1-30-15-8-6-13(7-9-15)10-14-11-18(16-4-2-3-5-17(16)20(14)25)24-23(29)22(28)21(27)19(12-26)31-24/h2-9,11,19,21-24,26-29H,10,12H2,1H3/t19-,21-,22+,23-,24+/m1/s1. The molecule has 1 aliphatic rings. The molecule has 164 valence electrons. The average molecular weight is 445 g/mol. The topological polar surface area (TPSA) is 99.4 Å². The summed E-state index contributed by atoms with van der Waals surface area (Å²) in [7, 11) is 1.61. The number of ether oxygens (including phenoxy) is 2. The van der Waals surface area contributed by atoms with E-state index >= 15 is 0 Å². The molecule has 0 aliphatic carbocycles. The van der Waals surface area contributed by atoms with Crippen LogP contribution < -0.4 is 4.74 Å². The van der Waals surface area contributed by atoms with Crippen LogP contribution in [0.3, 0.4) is 0 Å². The van der Waals surface area contributed by atoms with Crippen molar-refractivity contribution in [3.05, 3.63) is 76.3 Å². The number of hydrogen-bond donors (Lipinski definition) is 4. The fourth-order valence-corrected chi connectivity index (χ4v) is 4.40. The highest BCUT2D eigenvalue weighted by atomic mass is 35.5. The van der Waals surface area contributed by atoms with E-state index in [1.165, 1.54) is 0 Å². The van der Waals surface area contributed by atoms with Gasteiger partial charge in [-0.3, -0.25) is 0 Å². The molecule has 5 atom stereocenters. The molecule has 0 radical (unpaired) electrons. The van der Waals surface area contributed by atoms with Gasteiger partial charge >= 0.3 is 0 Å². The molecule has 0 bridgehead atoms. The lowest BCUT2D eigenvalue weighted by Gasteiger charge is -2.40. The molecule has 0 saturated carbocycles. The molecular formula is C24H25ClO6. The number of aliphatic hydroxyl groups excluding tert-OH is 4. The molecule has 3 aromatic rings. The summed E-state index contributed by atoms with van der Waals surface area (Å²) in [4.78, 5) is 0. The van der Waals surface area contributed by atoms with Gasteiger partial charge in [0.05, 0.1) is 18.7 Å². The lowest BCUT2D eigenvalue weighted by molar-refractivity contribution is -0.231. The van der Waals surface area contributed by atoms with Crippen molar-refractivity contribution in [3.8, 4) is 5.75 Å². The van der Waals surface area contributed by atoms with E-state index in [1.54, 1.807) is 7.11 Å². The molecule has 4 rings (SSSR count). The van der Waals surface area contributed by atoms with Crippen LogP contribution in [-0.4, -0.2) is 58.6 Å². The fourth-order valence-electron chi connectivity index (χ4n) is 4.11. The first-order chi connectivity index (χ1) is 14.9. The number of fused-ring (bicyclic) bond motifs is 1. The summed E-state index contributed by atoms with van der Waals surface area (Å²) in [5.41, 5.74) is 2.50. The van der Waals surface area contributed by atoms with Crippen molar-refractivity contribution >= 4 is 22.4 Å². The molecule has 0 spiro atoms. The molecule has 6 nitrogen and oxygen atoms in total. The van der Waals surface area contributed by atoms with Crippen molar-refractivity contribution in [1.29, 1.82) is 0 Å². The maximum Gasteiger partial charge on any atom is 0.118 e. The molecule has 7 heteroatoms. The third kappa shape index (κ3) is 4.15. The van der Waals surface area contributed by atoms with Crippen molar-refractivity contribution in [2.45, 2.75) is 36.9 Å². The Balaban J connectivity index is 1.80. The molecule has 0 unspecified atom stereocenters. The zero-order valence-electron chi connectivity index (χ0n) is 17.0. The summed E-state index contributed by atoms with van der Waals surface area (Å²) < 4.78 is 11.0. The smallest absolute Gasteiger partial charge is 0.118 e. The van der Waals surface area contributed by atoms with Crippen molar-refractivity contribution in [1.82, 2.24) is 0 Å². The Morgan fingerprint density at radius 2 is 1.61 bits per heavy atom. The third-order valence-corrected chi connectivity index (χ3v) is 6.28. The number of aliphatic hydroxyl groups is 4.